The number of amides is 3. The van der Waals surface area contributed by atoms with Crippen molar-refractivity contribution in [2.45, 2.75) is 32.1 Å². The van der Waals surface area contributed by atoms with Gasteiger partial charge in [0.1, 0.15) is 0 Å². The summed E-state index contributed by atoms with van der Waals surface area (Å²) >= 11 is 0. The number of hydrogen-bond donors (Lipinski definition) is 2. The summed E-state index contributed by atoms with van der Waals surface area (Å²) in [7, 11) is 0. The SMILES string of the molecule is CCC(=O)Nc1cccc(-c2noc([C@H]3CCCN(C(=O)CNC(=O)c4ccccc4)C3)n2)c1. The van der Waals surface area contributed by atoms with Crippen molar-refractivity contribution in [3.63, 3.8) is 0 Å². The predicted molar refractivity (Wildman–Crippen MR) is 126 cm³/mol. The fraction of sp³-hybridized carbons (Fsp3) is 0.320. The molecule has 1 aliphatic rings. The number of nitrogens with one attached hydrogen (secondary N) is 2. The number of carbonyl (C=O) groups excluding carboxylic acids is 3. The lowest BCUT2D eigenvalue weighted by Crippen LogP contribution is -2.44. The van der Waals surface area contributed by atoms with Crippen LogP contribution in [0.15, 0.2) is 59.1 Å². The highest BCUT2D eigenvalue weighted by Gasteiger charge is 2.29. The molecule has 0 radical (unpaired) electrons. The minimum absolute atomic E-state index is 0.0637. The Labute approximate surface area is 197 Å². The Balaban J connectivity index is 1.36. The molecule has 3 amide bonds. The number of nitrogens with zero attached hydrogens (tertiary/aromatic N) is 3. The molecule has 2 N–H and O–H groups in total. The molecule has 4 rings (SSSR count). The van der Waals surface area contributed by atoms with Gasteiger partial charge >= 0.3 is 0 Å². The molecule has 176 valence electrons. The molecule has 0 saturated carbocycles. The zero-order valence-corrected chi connectivity index (χ0v) is 19.0. The Kier molecular flexibility index (Phi) is 7.31. The molecule has 1 saturated heterocycles. The number of benzene rings is 2. The van der Waals surface area contributed by atoms with Crippen LogP contribution in [-0.2, 0) is 9.59 Å². The van der Waals surface area contributed by atoms with Crippen molar-refractivity contribution in [3.05, 3.63) is 66.1 Å². The molecule has 1 aliphatic heterocycles. The fourth-order valence-corrected chi connectivity index (χ4v) is 3.87. The van der Waals surface area contributed by atoms with Gasteiger partial charge < -0.3 is 20.1 Å². The van der Waals surface area contributed by atoms with Crippen LogP contribution in [0.4, 0.5) is 5.69 Å². The minimum atomic E-state index is -0.276. The number of likely N-dealkylation sites (tertiary alicyclic amines) is 1. The zero-order valence-electron chi connectivity index (χ0n) is 19.0. The third kappa shape index (κ3) is 5.67. The number of piperidine rings is 1. The van der Waals surface area contributed by atoms with Crippen molar-refractivity contribution in [2.24, 2.45) is 0 Å². The van der Waals surface area contributed by atoms with E-state index in [-0.39, 0.29) is 30.2 Å². The van der Waals surface area contributed by atoms with Crippen LogP contribution in [0.2, 0.25) is 0 Å². The molecule has 9 heteroatoms. The highest BCUT2D eigenvalue weighted by atomic mass is 16.5. The van der Waals surface area contributed by atoms with Crippen LogP contribution in [0.1, 0.15) is 48.4 Å². The van der Waals surface area contributed by atoms with Crippen molar-refractivity contribution in [3.8, 4) is 11.4 Å². The van der Waals surface area contributed by atoms with Crippen LogP contribution in [0, 0.1) is 0 Å². The number of aromatic nitrogens is 2. The second-order valence-corrected chi connectivity index (χ2v) is 8.17. The maximum absolute atomic E-state index is 12.7. The van der Waals surface area contributed by atoms with Gasteiger partial charge in [0.25, 0.3) is 5.91 Å². The van der Waals surface area contributed by atoms with Gasteiger partial charge in [-0.3, -0.25) is 14.4 Å². The van der Waals surface area contributed by atoms with Gasteiger partial charge in [0, 0.05) is 36.3 Å². The molecule has 0 bridgehead atoms. The van der Waals surface area contributed by atoms with Crippen molar-refractivity contribution in [1.82, 2.24) is 20.4 Å². The highest BCUT2D eigenvalue weighted by Crippen LogP contribution is 2.28. The summed E-state index contributed by atoms with van der Waals surface area (Å²) < 4.78 is 5.53. The summed E-state index contributed by atoms with van der Waals surface area (Å²) in [5.41, 5.74) is 1.92. The Morgan fingerprint density at radius 3 is 2.74 bits per heavy atom. The van der Waals surface area contributed by atoms with Crippen LogP contribution < -0.4 is 10.6 Å². The lowest BCUT2D eigenvalue weighted by molar-refractivity contribution is -0.131. The maximum Gasteiger partial charge on any atom is 0.251 e. The number of anilines is 1. The fourth-order valence-electron chi connectivity index (χ4n) is 3.87. The Hall–Kier alpha value is -4.01. The zero-order chi connectivity index (χ0) is 23.9. The molecule has 9 nitrogen and oxygen atoms in total. The molecule has 0 spiro atoms. The summed E-state index contributed by atoms with van der Waals surface area (Å²) in [6, 6.07) is 16.1. The third-order valence-electron chi connectivity index (χ3n) is 5.73. The molecule has 0 aliphatic carbocycles. The molecule has 2 heterocycles. The lowest BCUT2D eigenvalue weighted by Gasteiger charge is -2.31. The molecule has 1 aromatic heterocycles. The summed E-state index contributed by atoms with van der Waals surface area (Å²) in [5.74, 6) is 0.337. The van der Waals surface area contributed by atoms with E-state index < -0.39 is 0 Å². The molecule has 34 heavy (non-hydrogen) atoms. The van der Waals surface area contributed by atoms with E-state index in [0.717, 1.165) is 18.4 Å². The molecular formula is C25H27N5O4. The van der Waals surface area contributed by atoms with E-state index in [4.69, 9.17) is 4.52 Å². The first-order valence-corrected chi connectivity index (χ1v) is 11.4. The van der Waals surface area contributed by atoms with E-state index in [1.165, 1.54) is 0 Å². The van der Waals surface area contributed by atoms with Gasteiger partial charge in [0.2, 0.25) is 23.5 Å². The van der Waals surface area contributed by atoms with Gasteiger partial charge in [-0.1, -0.05) is 42.4 Å². The summed E-state index contributed by atoms with van der Waals surface area (Å²) in [6.45, 7) is 2.80. The molecule has 1 fully saturated rings. The molecule has 0 unspecified atom stereocenters. The van der Waals surface area contributed by atoms with Crippen LogP contribution >= 0.6 is 0 Å². The lowest BCUT2D eigenvalue weighted by atomic mass is 9.98. The molecule has 2 aromatic carbocycles. The summed E-state index contributed by atoms with van der Waals surface area (Å²) in [5, 5.41) is 9.61. The van der Waals surface area contributed by atoms with Crippen molar-refractivity contribution in [2.75, 3.05) is 25.0 Å². The predicted octanol–water partition coefficient (Wildman–Crippen LogP) is 3.22. The smallest absolute Gasteiger partial charge is 0.251 e. The monoisotopic (exact) mass is 461 g/mol. The van der Waals surface area contributed by atoms with Crippen LogP contribution in [0.5, 0.6) is 0 Å². The molecule has 3 aromatic rings. The first-order chi connectivity index (χ1) is 16.5. The largest absolute Gasteiger partial charge is 0.343 e. The van der Waals surface area contributed by atoms with Crippen LogP contribution in [0.25, 0.3) is 11.4 Å². The van der Waals surface area contributed by atoms with Crippen molar-refractivity contribution < 1.29 is 18.9 Å². The van der Waals surface area contributed by atoms with Crippen LogP contribution in [0.3, 0.4) is 0 Å². The third-order valence-corrected chi connectivity index (χ3v) is 5.73. The first kappa shape index (κ1) is 23.2. The molecule has 1 atom stereocenters. The Morgan fingerprint density at radius 2 is 1.94 bits per heavy atom. The van der Waals surface area contributed by atoms with E-state index in [1.807, 2.05) is 18.2 Å². The van der Waals surface area contributed by atoms with E-state index in [2.05, 4.69) is 20.8 Å². The second kappa shape index (κ2) is 10.7. The summed E-state index contributed by atoms with van der Waals surface area (Å²) in [4.78, 5) is 42.9. The summed E-state index contributed by atoms with van der Waals surface area (Å²) in [6.07, 6.45) is 2.02. The first-order valence-electron chi connectivity index (χ1n) is 11.4. The Bertz CT molecular complexity index is 1160. The average molecular weight is 462 g/mol. The normalized spacial score (nSPS) is 15.6. The molecular weight excluding hydrogens is 434 g/mol. The van der Waals surface area contributed by atoms with Gasteiger partial charge in [0.05, 0.1) is 12.5 Å². The van der Waals surface area contributed by atoms with Crippen molar-refractivity contribution >= 4 is 23.4 Å². The van der Waals surface area contributed by atoms with Gasteiger partial charge in [-0.2, -0.15) is 4.98 Å². The quantitative estimate of drug-likeness (QED) is 0.558. The number of carbonyl (C=O) groups is 3. The Morgan fingerprint density at radius 1 is 1.12 bits per heavy atom. The van der Waals surface area contributed by atoms with E-state index >= 15 is 0 Å². The van der Waals surface area contributed by atoms with E-state index in [9.17, 15) is 14.4 Å². The second-order valence-electron chi connectivity index (χ2n) is 8.17. The van der Waals surface area contributed by atoms with Gasteiger partial charge in [-0.25, -0.2) is 0 Å². The highest BCUT2D eigenvalue weighted by molar-refractivity contribution is 5.96. The van der Waals surface area contributed by atoms with E-state index in [1.54, 1.807) is 48.2 Å². The van der Waals surface area contributed by atoms with Crippen molar-refractivity contribution in [1.29, 1.82) is 0 Å². The van der Waals surface area contributed by atoms with Gasteiger partial charge in [0.15, 0.2) is 0 Å². The maximum atomic E-state index is 12.7. The van der Waals surface area contributed by atoms with E-state index in [0.29, 0.717) is 42.5 Å². The average Bonchev–Trinajstić information content (AvgIpc) is 3.38. The topological polar surface area (TPSA) is 117 Å². The van der Waals surface area contributed by atoms with Gasteiger partial charge in [-0.05, 0) is 37.1 Å². The van der Waals surface area contributed by atoms with Gasteiger partial charge in [-0.15, -0.1) is 0 Å². The minimum Gasteiger partial charge on any atom is -0.343 e. The number of hydrogen-bond acceptors (Lipinski definition) is 6. The standard InChI is InChI=1S/C25H27N5O4/c1-2-21(31)27-20-12-6-10-18(14-20)23-28-25(34-29-23)19-11-7-13-30(16-19)22(32)15-26-24(33)17-8-4-3-5-9-17/h3-6,8-10,12,14,19H,2,7,11,13,15-16H2,1H3,(H,26,33)(H,27,31)/t19-/m0/s1. The number of rotatable bonds is 7. The van der Waals surface area contributed by atoms with Crippen LogP contribution in [-0.4, -0.2) is 52.4 Å².